The molecule has 0 aromatic carbocycles. The highest BCUT2D eigenvalue weighted by Gasteiger charge is 2.38. The third-order valence-electron chi connectivity index (χ3n) is 1.82. The van der Waals surface area contributed by atoms with Gasteiger partial charge in [-0.05, 0) is 6.92 Å². The van der Waals surface area contributed by atoms with Crippen molar-refractivity contribution in [1.82, 2.24) is 9.55 Å². The maximum Gasteiger partial charge on any atom is 0.490 e. The molecule has 0 saturated carbocycles. The van der Waals surface area contributed by atoms with Gasteiger partial charge in [0.1, 0.15) is 11.9 Å². The third kappa shape index (κ3) is 5.34. The van der Waals surface area contributed by atoms with Gasteiger partial charge in [-0.3, -0.25) is 0 Å². The number of aryl methyl sites for hydroxylation is 1. The number of methoxy groups -OCH3 is 1. The molecule has 1 aromatic rings. The van der Waals surface area contributed by atoms with Gasteiger partial charge in [0.2, 0.25) is 0 Å². The summed E-state index contributed by atoms with van der Waals surface area (Å²) in [6.45, 7) is 1.97. The lowest BCUT2D eigenvalue weighted by molar-refractivity contribution is -0.192. The molecule has 1 unspecified atom stereocenters. The van der Waals surface area contributed by atoms with Gasteiger partial charge in [0.15, 0.2) is 0 Å². The molecule has 1 aromatic heterocycles. The van der Waals surface area contributed by atoms with Crippen LogP contribution in [0.5, 0.6) is 0 Å². The number of rotatable bonds is 2. The van der Waals surface area contributed by atoms with Crippen LogP contribution in [0.4, 0.5) is 13.2 Å². The Morgan fingerprint density at radius 2 is 2.06 bits per heavy atom. The Bertz CT molecular complexity index is 363. The summed E-state index contributed by atoms with van der Waals surface area (Å²) in [5, 5.41) is 7.12. The van der Waals surface area contributed by atoms with E-state index in [1.54, 1.807) is 13.3 Å². The standard InChI is InChI=1S/C7H12N2O.C2HF3O2/c1-6(10-3)7-8-4-5-9(7)2;3-2(4,5)1(6)7/h4-6H,1-3H3;(H,6,7). The van der Waals surface area contributed by atoms with Crippen molar-refractivity contribution in [3.63, 3.8) is 0 Å². The number of nitrogens with zero attached hydrogens (tertiary/aromatic N) is 2. The number of carbonyl (C=O) groups is 1. The topological polar surface area (TPSA) is 64.4 Å². The average molecular weight is 254 g/mol. The molecule has 8 heteroatoms. The minimum absolute atomic E-state index is 0.0833. The molecule has 5 nitrogen and oxygen atoms in total. The van der Waals surface area contributed by atoms with Crippen LogP contribution in [0.15, 0.2) is 12.4 Å². The Labute approximate surface area is 95.8 Å². The monoisotopic (exact) mass is 254 g/mol. The van der Waals surface area contributed by atoms with Crippen LogP contribution in [0.25, 0.3) is 0 Å². The van der Waals surface area contributed by atoms with Crippen LogP contribution in [0.3, 0.4) is 0 Å². The van der Waals surface area contributed by atoms with Gasteiger partial charge in [-0.25, -0.2) is 9.78 Å². The number of ether oxygens (including phenoxy) is 1. The van der Waals surface area contributed by atoms with Crippen LogP contribution in [-0.2, 0) is 16.6 Å². The number of carboxylic acid groups (broad SMARTS) is 1. The molecule has 17 heavy (non-hydrogen) atoms. The minimum atomic E-state index is -5.08. The second-order valence-corrected chi connectivity index (χ2v) is 3.08. The summed E-state index contributed by atoms with van der Waals surface area (Å²) in [7, 11) is 3.64. The van der Waals surface area contributed by atoms with Gasteiger partial charge in [-0.2, -0.15) is 13.2 Å². The van der Waals surface area contributed by atoms with Gasteiger partial charge in [-0.15, -0.1) is 0 Å². The van der Waals surface area contributed by atoms with E-state index in [9.17, 15) is 13.2 Å². The van der Waals surface area contributed by atoms with E-state index >= 15 is 0 Å². The molecule has 1 heterocycles. The number of hydrogen-bond donors (Lipinski definition) is 1. The zero-order chi connectivity index (χ0) is 13.6. The van der Waals surface area contributed by atoms with Gasteiger partial charge < -0.3 is 14.4 Å². The van der Waals surface area contributed by atoms with Gasteiger partial charge in [-0.1, -0.05) is 0 Å². The Hall–Kier alpha value is -1.57. The predicted molar refractivity (Wildman–Crippen MR) is 52.3 cm³/mol. The van der Waals surface area contributed by atoms with Crippen molar-refractivity contribution in [1.29, 1.82) is 0 Å². The number of carboxylic acids is 1. The van der Waals surface area contributed by atoms with Gasteiger partial charge >= 0.3 is 12.1 Å². The van der Waals surface area contributed by atoms with E-state index in [0.717, 1.165) is 5.82 Å². The van der Waals surface area contributed by atoms with Gasteiger partial charge in [0.25, 0.3) is 0 Å². The van der Waals surface area contributed by atoms with Crippen molar-refractivity contribution >= 4 is 5.97 Å². The third-order valence-corrected chi connectivity index (χ3v) is 1.82. The predicted octanol–water partition coefficient (Wildman–Crippen LogP) is 1.76. The molecule has 1 atom stereocenters. The summed E-state index contributed by atoms with van der Waals surface area (Å²) in [5.41, 5.74) is 0. The number of hydrogen-bond acceptors (Lipinski definition) is 3. The van der Waals surface area contributed by atoms with Crippen LogP contribution in [-0.4, -0.2) is 33.9 Å². The number of aliphatic carboxylic acids is 1. The summed E-state index contributed by atoms with van der Waals surface area (Å²) in [6, 6.07) is 0. The van der Waals surface area contributed by atoms with Crippen molar-refractivity contribution < 1.29 is 27.8 Å². The van der Waals surface area contributed by atoms with E-state index in [-0.39, 0.29) is 6.10 Å². The average Bonchev–Trinajstić information content (AvgIpc) is 2.63. The summed E-state index contributed by atoms with van der Waals surface area (Å²) < 4.78 is 38.8. The van der Waals surface area contributed by atoms with Crippen molar-refractivity contribution in [2.24, 2.45) is 7.05 Å². The highest BCUT2D eigenvalue weighted by Crippen LogP contribution is 2.13. The number of aromatic nitrogens is 2. The van der Waals surface area contributed by atoms with Crippen LogP contribution in [0, 0.1) is 0 Å². The molecule has 0 spiro atoms. The highest BCUT2D eigenvalue weighted by molar-refractivity contribution is 5.73. The van der Waals surface area contributed by atoms with Crippen molar-refractivity contribution in [3.8, 4) is 0 Å². The molecule has 0 saturated heterocycles. The van der Waals surface area contributed by atoms with Gasteiger partial charge in [0, 0.05) is 26.6 Å². The lowest BCUT2D eigenvalue weighted by Crippen LogP contribution is -2.21. The summed E-state index contributed by atoms with van der Waals surface area (Å²) >= 11 is 0. The SMILES string of the molecule is COC(C)c1nccn1C.O=C(O)C(F)(F)F. The highest BCUT2D eigenvalue weighted by atomic mass is 19.4. The van der Waals surface area contributed by atoms with Crippen molar-refractivity contribution in [2.75, 3.05) is 7.11 Å². The Kier molecular flexibility index (Phi) is 5.66. The Balaban J connectivity index is 0.000000325. The molecule has 1 N–H and O–H groups in total. The zero-order valence-electron chi connectivity index (χ0n) is 9.52. The van der Waals surface area contributed by atoms with Crippen LogP contribution in [0.2, 0.25) is 0 Å². The second kappa shape index (κ2) is 6.24. The molecule has 0 fully saturated rings. The van der Waals surface area contributed by atoms with E-state index in [2.05, 4.69) is 4.98 Å². The van der Waals surface area contributed by atoms with Gasteiger partial charge in [0.05, 0.1) is 0 Å². The molecule has 0 aliphatic heterocycles. The lowest BCUT2D eigenvalue weighted by atomic mass is 10.4. The van der Waals surface area contributed by atoms with E-state index in [1.165, 1.54) is 0 Å². The fraction of sp³-hybridized carbons (Fsp3) is 0.556. The molecule has 0 amide bonds. The number of imidazole rings is 1. The molecule has 0 aliphatic carbocycles. The summed E-state index contributed by atoms with van der Waals surface area (Å²) in [6.07, 6.45) is -1.32. The van der Waals surface area contributed by atoms with Crippen molar-refractivity contribution in [3.05, 3.63) is 18.2 Å². The normalized spacial score (nSPS) is 12.6. The first-order valence-corrected chi connectivity index (χ1v) is 4.50. The Morgan fingerprint density at radius 3 is 2.29 bits per heavy atom. The minimum Gasteiger partial charge on any atom is -0.475 e. The Morgan fingerprint density at radius 1 is 1.59 bits per heavy atom. The first-order chi connectivity index (χ1) is 7.70. The number of alkyl halides is 3. The number of halogens is 3. The molecular weight excluding hydrogens is 241 g/mol. The molecule has 0 bridgehead atoms. The second-order valence-electron chi connectivity index (χ2n) is 3.08. The fourth-order valence-corrected chi connectivity index (χ4v) is 0.874. The first kappa shape index (κ1) is 15.4. The van der Waals surface area contributed by atoms with E-state index < -0.39 is 12.1 Å². The molecular formula is C9H13F3N2O3. The largest absolute Gasteiger partial charge is 0.490 e. The first-order valence-electron chi connectivity index (χ1n) is 4.50. The smallest absolute Gasteiger partial charge is 0.475 e. The maximum atomic E-state index is 10.6. The quantitative estimate of drug-likeness (QED) is 0.873. The lowest BCUT2D eigenvalue weighted by Gasteiger charge is -2.07. The van der Waals surface area contributed by atoms with Crippen LogP contribution >= 0.6 is 0 Å². The zero-order valence-corrected chi connectivity index (χ0v) is 9.52. The molecule has 98 valence electrons. The summed E-state index contributed by atoms with van der Waals surface area (Å²) in [4.78, 5) is 13.0. The maximum absolute atomic E-state index is 10.6. The van der Waals surface area contributed by atoms with E-state index in [0.29, 0.717) is 0 Å². The van der Waals surface area contributed by atoms with E-state index in [4.69, 9.17) is 14.6 Å². The van der Waals surface area contributed by atoms with Crippen LogP contribution < -0.4 is 0 Å². The molecule has 0 radical (unpaired) electrons. The molecule has 1 rings (SSSR count). The molecule has 0 aliphatic rings. The van der Waals surface area contributed by atoms with Crippen molar-refractivity contribution in [2.45, 2.75) is 19.2 Å². The van der Waals surface area contributed by atoms with Crippen LogP contribution in [0.1, 0.15) is 18.9 Å². The fourth-order valence-electron chi connectivity index (χ4n) is 0.874. The van der Waals surface area contributed by atoms with E-state index in [1.807, 2.05) is 24.7 Å². The summed E-state index contributed by atoms with van der Waals surface area (Å²) in [5.74, 6) is -1.80.